The van der Waals surface area contributed by atoms with Gasteiger partial charge in [0.15, 0.2) is 0 Å². The molecule has 0 aliphatic rings. The Kier molecular flexibility index (Phi) is 6.06. The van der Waals surface area contributed by atoms with Gasteiger partial charge < -0.3 is 5.73 Å². The van der Waals surface area contributed by atoms with Crippen LogP contribution in [-0.4, -0.2) is 6.04 Å². The maximum Gasteiger partial charge on any atom is 0.00105 e. The van der Waals surface area contributed by atoms with Gasteiger partial charge in [-0.1, -0.05) is 19.8 Å². The minimum atomic E-state index is 0.373. The molecule has 1 nitrogen and oxygen atoms in total. The first-order valence-electron chi connectivity index (χ1n) is 3.84. The maximum absolute atomic E-state index is 5.55. The molecule has 1 radical (unpaired) electrons. The van der Waals surface area contributed by atoms with E-state index in [0.29, 0.717) is 6.04 Å². The zero-order valence-electron chi connectivity index (χ0n) is 6.56. The predicted molar refractivity (Wildman–Crippen MR) is 42.1 cm³/mol. The Morgan fingerprint density at radius 2 is 2.11 bits per heavy atom. The van der Waals surface area contributed by atoms with E-state index in [0.717, 1.165) is 6.42 Å². The van der Waals surface area contributed by atoms with Crippen LogP contribution in [0.1, 0.15) is 39.5 Å². The van der Waals surface area contributed by atoms with Crippen molar-refractivity contribution >= 4 is 0 Å². The molecule has 0 saturated carbocycles. The molecule has 0 amide bonds. The molecule has 1 atom stereocenters. The van der Waals surface area contributed by atoms with Crippen molar-refractivity contribution in [3.05, 3.63) is 6.42 Å². The quantitative estimate of drug-likeness (QED) is 0.564. The van der Waals surface area contributed by atoms with Crippen LogP contribution in [0.15, 0.2) is 0 Å². The predicted octanol–water partition coefficient (Wildman–Crippen LogP) is 2.12. The van der Waals surface area contributed by atoms with E-state index in [2.05, 4.69) is 20.3 Å². The third-order valence-corrected chi connectivity index (χ3v) is 1.32. The summed E-state index contributed by atoms with van der Waals surface area (Å²) in [6, 6.07) is 0.373. The molecule has 2 N–H and O–H groups in total. The number of nitrogens with two attached hydrogens (primary N) is 1. The summed E-state index contributed by atoms with van der Waals surface area (Å²) in [6.07, 6.45) is 7.15. The average molecular weight is 128 g/mol. The van der Waals surface area contributed by atoms with E-state index < -0.39 is 0 Å². The lowest BCUT2D eigenvalue weighted by Crippen LogP contribution is -2.13. The summed E-state index contributed by atoms with van der Waals surface area (Å²) in [7, 11) is 0. The van der Waals surface area contributed by atoms with Gasteiger partial charge in [-0.15, -0.1) is 0 Å². The van der Waals surface area contributed by atoms with Gasteiger partial charge in [0.1, 0.15) is 0 Å². The second kappa shape index (κ2) is 6.09. The smallest absolute Gasteiger partial charge is 0.00105 e. The van der Waals surface area contributed by atoms with Gasteiger partial charge >= 0.3 is 0 Å². The second-order valence-electron chi connectivity index (χ2n) is 2.63. The second-order valence-corrected chi connectivity index (χ2v) is 2.63. The van der Waals surface area contributed by atoms with Gasteiger partial charge in [-0.25, -0.2) is 0 Å². The Morgan fingerprint density at radius 1 is 1.44 bits per heavy atom. The molecule has 0 aromatic carbocycles. The lowest BCUT2D eigenvalue weighted by Gasteiger charge is -2.01. The Balaban J connectivity index is 2.75. The van der Waals surface area contributed by atoms with Crippen LogP contribution in [0.3, 0.4) is 0 Å². The van der Waals surface area contributed by atoms with Gasteiger partial charge in [0, 0.05) is 6.04 Å². The summed E-state index contributed by atoms with van der Waals surface area (Å²) in [6.45, 7) is 4.25. The van der Waals surface area contributed by atoms with Crippen LogP contribution >= 0.6 is 0 Å². The number of hydrogen-bond donors (Lipinski definition) is 1. The molecular weight excluding hydrogens is 110 g/mol. The van der Waals surface area contributed by atoms with Crippen LogP contribution in [0, 0.1) is 6.42 Å². The van der Waals surface area contributed by atoms with Gasteiger partial charge in [0.05, 0.1) is 0 Å². The van der Waals surface area contributed by atoms with E-state index in [1.165, 1.54) is 19.3 Å². The van der Waals surface area contributed by atoms with Gasteiger partial charge in [-0.05, 0) is 26.2 Å². The summed E-state index contributed by atoms with van der Waals surface area (Å²) in [5.41, 5.74) is 5.55. The molecule has 55 valence electrons. The van der Waals surface area contributed by atoms with E-state index in [-0.39, 0.29) is 0 Å². The fraction of sp³-hybridized carbons (Fsp3) is 0.875. The zero-order valence-corrected chi connectivity index (χ0v) is 6.56. The lowest BCUT2D eigenvalue weighted by atomic mass is 10.1. The normalized spacial score (nSPS) is 13.7. The zero-order chi connectivity index (χ0) is 7.11. The monoisotopic (exact) mass is 128 g/mol. The van der Waals surface area contributed by atoms with Crippen molar-refractivity contribution in [1.29, 1.82) is 0 Å². The molecule has 0 unspecified atom stereocenters. The highest BCUT2D eigenvalue weighted by Gasteiger charge is 1.92. The molecule has 0 aromatic rings. The minimum Gasteiger partial charge on any atom is -0.328 e. The number of unbranched alkanes of at least 4 members (excludes halogenated alkanes) is 3. The van der Waals surface area contributed by atoms with E-state index in [4.69, 9.17) is 5.73 Å². The Bertz CT molecular complexity index is 50.5. The van der Waals surface area contributed by atoms with Crippen molar-refractivity contribution in [2.45, 2.75) is 45.6 Å². The third-order valence-electron chi connectivity index (χ3n) is 1.32. The summed E-state index contributed by atoms with van der Waals surface area (Å²) >= 11 is 0. The number of hydrogen-bond acceptors (Lipinski definition) is 1. The van der Waals surface area contributed by atoms with Crippen LogP contribution in [0.25, 0.3) is 0 Å². The molecule has 1 heteroatoms. The highest BCUT2D eigenvalue weighted by Crippen LogP contribution is 2.01. The summed E-state index contributed by atoms with van der Waals surface area (Å²) in [4.78, 5) is 0. The first-order chi connectivity index (χ1) is 4.27. The van der Waals surface area contributed by atoms with Crippen LogP contribution in [0.2, 0.25) is 0 Å². The third kappa shape index (κ3) is 7.96. The summed E-state index contributed by atoms with van der Waals surface area (Å²) in [5.74, 6) is 0. The summed E-state index contributed by atoms with van der Waals surface area (Å²) in [5, 5.41) is 0. The molecule has 0 aliphatic carbocycles. The maximum atomic E-state index is 5.55. The van der Waals surface area contributed by atoms with E-state index in [9.17, 15) is 0 Å². The Morgan fingerprint density at radius 3 is 2.56 bits per heavy atom. The van der Waals surface area contributed by atoms with Crippen LogP contribution in [0.5, 0.6) is 0 Å². The molecule has 0 heterocycles. The average Bonchev–Trinajstić information content (AvgIpc) is 1.80. The van der Waals surface area contributed by atoms with Gasteiger partial charge in [0.25, 0.3) is 0 Å². The molecule has 0 rings (SSSR count). The standard InChI is InChI=1S/C8H18N/c1-3-4-5-6-7-8(2)9/h5,8H,3-4,6-7,9H2,1-2H3/t8-/m0/s1. The molecule has 0 bridgehead atoms. The van der Waals surface area contributed by atoms with Crippen molar-refractivity contribution in [3.63, 3.8) is 0 Å². The largest absolute Gasteiger partial charge is 0.328 e. The fourth-order valence-electron chi connectivity index (χ4n) is 0.729. The number of rotatable bonds is 5. The highest BCUT2D eigenvalue weighted by molar-refractivity contribution is 4.66. The van der Waals surface area contributed by atoms with Crippen molar-refractivity contribution in [1.82, 2.24) is 0 Å². The fourth-order valence-corrected chi connectivity index (χ4v) is 0.729. The molecular formula is C8H18N. The van der Waals surface area contributed by atoms with Crippen molar-refractivity contribution < 1.29 is 0 Å². The highest BCUT2D eigenvalue weighted by atomic mass is 14.6. The molecule has 0 spiro atoms. The van der Waals surface area contributed by atoms with Crippen molar-refractivity contribution in [2.24, 2.45) is 5.73 Å². The van der Waals surface area contributed by atoms with Crippen LogP contribution in [0.4, 0.5) is 0 Å². The van der Waals surface area contributed by atoms with Gasteiger partial charge in [-0.3, -0.25) is 0 Å². The summed E-state index contributed by atoms with van der Waals surface area (Å²) < 4.78 is 0. The van der Waals surface area contributed by atoms with Crippen molar-refractivity contribution in [2.75, 3.05) is 0 Å². The topological polar surface area (TPSA) is 26.0 Å². The minimum absolute atomic E-state index is 0.373. The van der Waals surface area contributed by atoms with E-state index >= 15 is 0 Å². The van der Waals surface area contributed by atoms with Crippen LogP contribution in [-0.2, 0) is 0 Å². The van der Waals surface area contributed by atoms with Gasteiger partial charge in [0.2, 0.25) is 0 Å². The SMILES string of the molecule is CCC[CH]CC[C@H](C)N. The molecule has 0 fully saturated rings. The van der Waals surface area contributed by atoms with E-state index in [1.54, 1.807) is 0 Å². The van der Waals surface area contributed by atoms with Crippen LogP contribution < -0.4 is 5.73 Å². The van der Waals surface area contributed by atoms with E-state index in [1.807, 2.05) is 0 Å². The molecule has 9 heavy (non-hydrogen) atoms. The first kappa shape index (κ1) is 8.96. The Hall–Kier alpha value is -0.0400. The lowest BCUT2D eigenvalue weighted by molar-refractivity contribution is 0.644. The van der Waals surface area contributed by atoms with Gasteiger partial charge in [-0.2, -0.15) is 0 Å². The molecule has 0 aliphatic heterocycles. The molecule has 0 saturated heterocycles. The molecule has 0 aromatic heterocycles. The first-order valence-corrected chi connectivity index (χ1v) is 3.84. The van der Waals surface area contributed by atoms with Crippen molar-refractivity contribution in [3.8, 4) is 0 Å². The Labute approximate surface area is 58.6 Å².